The highest BCUT2D eigenvalue weighted by molar-refractivity contribution is 5.71. The molecule has 0 aromatic carbocycles. The Morgan fingerprint density at radius 3 is 2.89 bits per heavy atom. The number of fused-ring (bicyclic) bond motifs is 1. The van der Waals surface area contributed by atoms with Crippen LogP contribution in [0.15, 0.2) is 4.79 Å². The Hall–Kier alpha value is -1.85. The van der Waals surface area contributed by atoms with Gasteiger partial charge in [0.1, 0.15) is 0 Å². The second kappa shape index (κ2) is 4.36. The smallest absolute Gasteiger partial charge is 0.308 e. The zero-order chi connectivity index (χ0) is 13.6. The van der Waals surface area contributed by atoms with Gasteiger partial charge in [-0.05, 0) is 25.7 Å². The number of anilines is 1. The molecular formula is C13H17N3O3. The third kappa shape index (κ3) is 1.91. The van der Waals surface area contributed by atoms with Gasteiger partial charge in [0.15, 0.2) is 0 Å². The normalized spacial score (nSPS) is 21.7. The van der Waals surface area contributed by atoms with Crippen molar-refractivity contribution in [3.63, 3.8) is 0 Å². The Kier molecular flexibility index (Phi) is 2.80. The molecular weight excluding hydrogens is 246 g/mol. The molecule has 1 aliphatic carbocycles. The van der Waals surface area contributed by atoms with Crippen molar-refractivity contribution in [2.75, 3.05) is 18.0 Å². The Morgan fingerprint density at radius 2 is 2.21 bits per heavy atom. The van der Waals surface area contributed by atoms with Crippen LogP contribution in [0.25, 0.3) is 0 Å². The van der Waals surface area contributed by atoms with E-state index in [0.717, 1.165) is 30.5 Å². The van der Waals surface area contributed by atoms with Gasteiger partial charge in [-0.2, -0.15) is 0 Å². The molecule has 2 heterocycles. The Bertz CT molecular complexity index is 594. The molecule has 1 fully saturated rings. The molecule has 0 amide bonds. The average molecular weight is 263 g/mol. The average Bonchev–Trinajstić information content (AvgIpc) is 3.01. The van der Waals surface area contributed by atoms with E-state index >= 15 is 0 Å². The number of aliphatic carboxylic acids is 1. The molecule has 2 aliphatic rings. The minimum Gasteiger partial charge on any atom is -0.481 e. The lowest BCUT2D eigenvalue weighted by atomic mass is 10.1. The molecule has 1 saturated heterocycles. The Labute approximate surface area is 110 Å². The quantitative estimate of drug-likeness (QED) is 0.823. The molecule has 1 atom stereocenters. The summed E-state index contributed by atoms with van der Waals surface area (Å²) < 4.78 is 1.56. The largest absolute Gasteiger partial charge is 0.481 e. The molecule has 1 aromatic rings. The first kappa shape index (κ1) is 12.2. The van der Waals surface area contributed by atoms with E-state index in [0.29, 0.717) is 25.5 Å². The maximum Gasteiger partial charge on any atom is 0.308 e. The number of carboxylic acid groups (broad SMARTS) is 1. The van der Waals surface area contributed by atoms with Crippen LogP contribution in [0, 0.1) is 5.92 Å². The molecule has 19 heavy (non-hydrogen) atoms. The second-order valence-corrected chi connectivity index (χ2v) is 5.32. The summed E-state index contributed by atoms with van der Waals surface area (Å²) >= 11 is 0. The minimum atomic E-state index is -0.770. The maximum atomic E-state index is 12.2. The van der Waals surface area contributed by atoms with Crippen LogP contribution in [0.2, 0.25) is 0 Å². The number of hydrogen-bond donors (Lipinski definition) is 1. The van der Waals surface area contributed by atoms with Gasteiger partial charge in [-0.25, -0.2) is 4.98 Å². The summed E-state index contributed by atoms with van der Waals surface area (Å²) in [6.45, 7) is 1.09. The summed E-state index contributed by atoms with van der Waals surface area (Å²) in [7, 11) is 1.72. The molecule has 0 unspecified atom stereocenters. The van der Waals surface area contributed by atoms with Crippen LogP contribution in [0.4, 0.5) is 5.95 Å². The summed E-state index contributed by atoms with van der Waals surface area (Å²) in [6, 6.07) is 0. The first-order valence-corrected chi connectivity index (χ1v) is 6.64. The number of aromatic nitrogens is 2. The van der Waals surface area contributed by atoms with Crippen LogP contribution in [0.5, 0.6) is 0 Å². The van der Waals surface area contributed by atoms with E-state index < -0.39 is 5.97 Å². The topological polar surface area (TPSA) is 75.4 Å². The van der Waals surface area contributed by atoms with Crippen molar-refractivity contribution in [3.8, 4) is 0 Å². The zero-order valence-electron chi connectivity index (χ0n) is 10.9. The van der Waals surface area contributed by atoms with Crippen molar-refractivity contribution < 1.29 is 9.90 Å². The van der Waals surface area contributed by atoms with Gasteiger partial charge in [0.2, 0.25) is 5.95 Å². The minimum absolute atomic E-state index is 0.0243. The van der Waals surface area contributed by atoms with Gasteiger partial charge in [0, 0.05) is 25.7 Å². The van der Waals surface area contributed by atoms with Crippen LogP contribution in [-0.2, 0) is 24.7 Å². The van der Waals surface area contributed by atoms with Gasteiger partial charge in [-0.3, -0.25) is 14.2 Å². The predicted molar refractivity (Wildman–Crippen MR) is 69.5 cm³/mol. The molecule has 0 radical (unpaired) electrons. The second-order valence-electron chi connectivity index (χ2n) is 5.32. The number of aryl methyl sites for hydroxylation is 1. The fourth-order valence-electron chi connectivity index (χ4n) is 3.00. The van der Waals surface area contributed by atoms with Crippen LogP contribution >= 0.6 is 0 Å². The van der Waals surface area contributed by atoms with E-state index in [2.05, 4.69) is 4.98 Å². The number of hydrogen-bond acceptors (Lipinski definition) is 4. The molecule has 6 nitrogen and oxygen atoms in total. The van der Waals surface area contributed by atoms with E-state index in [-0.39, 0.29) is 11.5 Å². The van der Waals surface area contributed by atoms with Crippen LogP contribution in [0.3, 0.4) is 0 Å². The molecule has 0 bridgehead atoms. The summed E-state index contributed by atoms with van der Waals surface area (Å²) in [4.78, 5) is 29.7. The number of rotatable bonds is 2. The van der Waals surface area contributed by atoms with Gasteiger partial charge in [0.05, 0.1) is 11.6 Å². The maximum absolute atomic E-state index is 12.2. The number of nitrogens with zero attached hydrogens (tertiary/aromatic N) is 3. The van der Waals surface area contributed by atoms with E-state index in [4.69, 9.17) is 5.11 Å². The van der Waals surface area contributed by atoms with E-state index in [1.807, 2.05) is 4.90 Å². The van der Waals surface area contributed by atoms with E-state index in [1.165, 1.54) is 0 Å². The highest BCUT2D eigenvalue weighted by Gasteiger charge is 2.31. The molecule has 6 heteroatoms. The lowest BCUT2D eigenvalue weighted by molar-refractivity contribution is -0.140. The van der Waals surface area contributed by atoms with E-state index in [9.17, 15) is 9.59 Å². The van der Waals surface area contributed by atoms with Crippen molar-refractivity contribution in [1.82, 2.24) is 9.55 Å². The first-order valence-electron chi connectivity index (χ1n) is 6.64. The molecule has 0 saturated carbocycles. The predicted octanol–water partition coefficient (Wildman–Crippen LogP) is 0.180. The monoisotopic (exact) mass is 263 g/mol. The summed E-state index contributed by atoms with van der Waals surface area (Å²) in [5.41, 5.74) is 1.76. The number of carbonyl (C=O) groups is 1. The van der Waals surface area contributed by atoms with Crippen molar-refractivity contribution in [3.05, 3.63) is 21.6 Å². The molecule has 102 valence electrons. The fraction of sp³-hybridized carbons (Fsp3) is 0.615. The Balaban J connectivity index is 1.96. The third-order valence-corrected chi connectivity index (χ3v) is 4.11. The van der Waals surface area contributed by atoms with Crippen molar-refractivity contribution >= 4 is 11.9 Å². The molecule has 1 aliphatic heterocycles. The first-order chi connectivity index (χ1) is 9.08. The standard InChI is InChI=1S/C13H17N3O3/c1-15-11(17)9-3-2-4-10(9)14-13(15)16-6-5-8(7-16)12(18)19/h8H,2-7H2,1H3,(H,18,19)/t8-/m0/s1. The molecule has 3 rings (SSSR count). The highest BCUT2D eigenvalue weighted by Crippen LogP contribution is 2.24. The molecule has 1 aromatic heterocycles. The lowest BCUT2D eigenvalue weighted by Crippen LogP contribution is -2.32. The Morgan fingerprint density at radius 1 is 1.42 bits per heavy atom. The van der Waals surface area contributed by atoms with Crippen LogP contribution in [-0.4, -0.2) is 33.7 Å². The van der Waals surface area contributed by atoms with Crippen LogP contribution in [0.1, 0.15) is 24.1 Å². The molecule has 1 N–H and O–H groups in total. The third-order valence-electron chi connectivity index (χ3n) is 4.11. The SMILES string of the molecule is Cn1c(N2CC[C@H](C(=O)O)C2)nc2c(c1=O)CCC2. The summed E-state index contributed by atoms with van der Waals surface area (Å²) in [6.07, 6.45) is 3.27. The highest BCUT2D eigenvalue weighted by atomic mass is 16.4. The summed E-state index contributed by atoms with van der Waals surface area (Å²) in [5, 5.41) is 9.04. The number of carboxylic acids is 1. The van der Waals surface area contributed by atoms with E-state index in [1.54, 1.807) is 11.6 Å². The molecule has 0 spiro atoms. The fourth-order valence-corrected chi connectivity index (χ4v) is 3.00. The van der Waals surface area contributed by atoms with Gasteiger partial charge in [-0.1, -0.05) is 0 Å². The lowest BCUT2D eigenvalue weighted by Gasteiger charge is -2.20. The van der Waals surface area contributed by atoms with Gasteiger partial charge in [0.25, 0.3) is 5.56 Å². The summed E-state index contributed by atoms with van der Waals surface area (Å²) in [5.74, 6) is -0.506. The van der Waals surface area contributed by atoms with Crippen molar-refractivity contribution in [2.24, 2.45) is 13.0 Å². The van der Waals surface area contributed by atoms with Crippen LogP contribution < -0.4 is 10.5 Å². The van der Waals surface area contributed by atoms with Gasteiger partial charge in [-0.15, -0.1) is 0 Å². The zero-order valence-corrected chi connectivity index (χ0v) is 10.9. The van der Waals surface area contributed by atoms with Crippen molar-refractivity contribution in [2.45, 2.75) is 25.7 Å². The van der Waals surface area contributed by atoms with Gasteiger partial charge < -0.3 is 10.0 Å². The van der Waals surface area contributed by atoms with Crippen molar-refractivity contribution in [1.29, 1.82) is 0 Å². The van der Waals surface area contributed by atoms with Gasteiger partial charge >= 0.3 is 5.97 Å².